The predicted molar refractivity (Wildman–Crippen MR) is 83.1 cm³/mol. The first-order chi connectivity index (χ1) is 10.6. The van der Waals surface area contributed by atoms with Crippen molar-refractivity contribution in [2.75, 3.05) is 18.1 Å². The number of hydrogen-bond donors (Lipinski definition) is 1. The molecule has 1 N–H and O–H groups in total. The molecule has 2 aromatic rings. The number of benzene rings is 1. The fourth-order valence-corrected chi connectivity index (χ4v) is 2.65. The van der Waals surface area contributed by atoms with Crippen LogP contribution in [0.5, 0.6) is 0 Å². The Morgan fingerprint density at radius 3 is 2.73 bits per heavy atom. The standard InChI is InChI=1S/C17H18N2O3/c1-12-11-22-15(13-6-3-2-4-7-13)10-19(12)16-9-5-8-14(18-16)17(20)21/h2-9,12,15H,10-11H2,1H3,(H,20,21). The maximum Gasteiger partial charge on any atom is 0.354 e. The Morgan fingerprint density at radius 2 is 2.00 bits per heavy atom. The highest BCUT2D eigenvalue weighted by molar-refractivity contribution is 5.85. The van der Waals surface area contributed by atoms with Crippen molar-refractivity contribution in [2.24, 2.45) is 0 Å². The Bertz CT molecular complexity index is 660. The van der Waals surface area contributed by atoms with E-state index in [4.69, 9.17) is 9.84 Å². The summed E-state index contributed by atoms with van der Waals surface area (Å²) in [5.74, 6) is -0.334. The minimum Gasteiger partial charge on any atom is -0.477 e. The fourth-order valence-electron chi connectivity index (χ4n) is 2.65. The molecule has 2 heterocycles. The number of pyridine rings is 1. The van der Waals surface area contributed by atoms with Crippen LogP contribution in [0.15, 0.2) is 48.5 Å². The molecule has 1 aliphatic heterocycles. The van der Waals surface area contributed by atoms with Gasteiger partial charge in [0.15, 0.2) is 5.69 Å². The molecule has 0 radical (unpaired) electrons. The van der Waals surface area contributed by atoms with Gasteiger partial charge in [0.1, 0.15) is 11.9 Å². The molecule has 1 fully saturated rings. The maximum absolute atomic E-state index is 11.1. The summed E-state index contributed by atoms with van der Waals surface area (Å²) < 4.78 is 5.92. The van der Waals surface area contributed by atoms with Crippen molar-refractivity contribution in [1.29, 1.82) is 0 Å². The molecule has 5 heteroatoms. The normalized spacial score (nSPS) is 21.6. The third kappa shape index (κ3) is 2.94. The third-order valence-corrected chi connectivity index (χ3v) is 3.85. The molecule has 114 valence electrons. The minimum atomic E-state index is -1.01. The van der Waals surface area contributed by atoms with Gasteiger partial charge in [-0.1, -0.05) is 36.4 Å². The van der Waals surface area contributed by atoms with E-state index in [-0.39, 0.29) is 17.8 Å². The van der Waals surface area contributed by atoms with Crippen LogP contribution in [0.25, 0.3) is 0 Å². The fraction of sp³-hybridized carbons (Fsp3) is 0.294. The van der Waals surface area contributed by atoms with Crippen molar-refractivity contribution in [3.63, 3.8) is 0 Å². The number of carboxylic acid groups (broad SMARTS) is 1. The lowest BCUT2D eigenvalue weighted by Crippen LogP contribution is -2.45. The smallest absolute Gasteiger partial charge is 0.354 e. The molecule has 1 aromatic heterocycles. The van der Waals surface area contributed by atoms with Crippen molar-refractivity contribution in [3.8, 4) is 0 Å². The quantitative estimate of drug-likeness (QED) is 0.944. The second-order valence-corrected chi connectivity index (χ2v) is 5.42. The molecule has 0 bridgehead atoms. The van der Waals surface area contributed by atoms with Crippen molar-refractivity contribution in [2.45, 2.75) is 19.1 Å². The van der Waals surface area contributed by atoms with Gasteiger partial charge >= 0.3 is 5.97 Å². The van der Waals surface area contributed by atoms with Gasteiger partial charge in [-0.25, -0.2) is 9.78 Å². The Hall–Kier alpha value is -2.40. The number of ether oxygens (including phenoxy) is 1. The van der Waals surface area contributed by atoms with Crippen molar-refractivity contribution < 1.29 is 14.6 Å². The van der Waals surface area contributed by atoms with Crippen LogP contribution in [0, 0.1) is 0 Å². The lowest BCUT2D eigenvalue weighted by atomic mass is 10.1. The highest BCUT2D eigenvalue weighted by Crippen LogP contribution is 2.28. The molecule has 2 unspecified atom stereocenters. The molecule has 0 saturated carbocycles. The number of morpholine rings is 1. The summed E-state index contributed by atoms with van der Waals surface area (Å²) in [6.07, 6.45) is -0.0346. The molecule has 0 aliphatic carbocycles. The van der Waals surface area contributed by atoms with Gasteiger partial charge < -0.3 is 14.7 Å². The van der Waals surface area contributed by atoms with E-state index < -0.39 is 5.97 Å². The minimum absolute atomic E-state index is 0.0346. The summed E-state index contributed by atoms with van der Waals surface area (Å²) >= 11 is 0. The van der Waals surface area contributed by atoms with Gasteiger partial charge in [-0.05, 0) is 24.6 Å². The van der Waals surface area contributed by atoms with Crippen molar-refractivity contribution >= 4 is 11.8 Å². The van der Waals surface area contributed by atoms with Crippen LogP contribution in [-0.2, 0) is 4.74 Å². The van der Waals surface area contributed by atoms with E-state index in [1.54, 1.807) is 6.07 Å². The van der Waals surface area contributed by atoms with E-state index in [2.05, 4.69) is 16.8 Å². The molecule has 2 atom stereocenters. The Kier molecular flexibility index (Phi) is 4.06. The average Bonchev–Trinajstić information content (AvgIpc) is 2.56. The second kappa shape index (κ2) is 6.15. The molecule has 1 saturated heterocycles. The molecule has 3 rings (SSSR count). The second-order valence-electron chi connectivity index (χ2n) is 5.42. The van der Waals surface area contributed by atoms with Crippen molar-refractivity contribution in [3.05, 3.63) is 59.8 Å². The molecular formula is C17H18N2O3. The Labute approximate surface area is 129 Å². The summed E-state index contributed by atoms with van der Waals surface area (Å²) in [5, 5.41) is 9.10. The van der Waals surface area contributed by atoms with Crippen LogP contribution in [0.1, 0.15) is 29.1 Å². The highest BCUT2D eigenvalue weighted by Gasteiger charge is 2.28. The monoisotopic (exact) mass is 298 g/mol. The van der Waals surface area contributed by atoms with Gasteiger partial charge in [0.25, 0.3) is 0 Å². The number of aromatic carboxylic acids is 1. The number of carboxylic acids is 1. The SMILES string of the molecule is CC1COC(c2ccccc2)CN1c1cccc(C(=O)O)n1. The average molecular weight is 298 g/mol. The van der Waals surface area contributed by atoms with Crippen LogP contribution in [0.3, 0.4) is 0 Å². The predicted octanol–water partition coefficient (Wildman–Crippen LogP) is 2.75. The summed E-state index contributed by atoms with van der Waals surface area (Å²) in [7, 11) is 0. The van der Waals surface area contributed by atoms with Gasteiger partial charge in [-0.2, -0.15) is 0 Å². The van der Waals surface area contributed by atoms with Gasteiger partial charge in [0, 0.05) is 0 Å². The van der Waals surface area contributed by atoms with Gasteiger partial charge in [0.05, 0.1) is 19.2 Å². The molecular weight excluding hydrogens is 280 g/mol. The van der Waals surface area contributed by atoms with E-state index in [1.807, 2.05) is 36.4 Å². The zero-order chi connectivity index (χ0) is 15.5. The van der Waals surface area contributed by atoms with Crippen LogP contribution in [0.4, 0.5) is 5.82 Å². The van der Waals surface area contributed by atoms with Crippen LogP contribution in [-0.4, -0.2) is 35.3 Å². The number of anilines is 1. The number of aromatic nitrogens is 1. The van der Waals surface area contributed by atoms with E-state index in [9.17, 15) is 4.79 Å². The highest BCUT2D eigenvalue weighted by atomic mass is 16.5. The molecule has 1 aromatic carbocycles. The third-order valence-electron chi connectivity index (χ3n) is 3.85. The molecule has 0 amide bonds. The van der Waals surface area contributed by atoms with Crippen LogP contribution in [0.2, 0.25) is 0 Å². The van der Waals surface area contributed by atoms with E-state index >= 15 is 0 Å². The lowest BCUT2D eigenvalue weighted by molar-refractivity contribution is 0.0212. The molecule has 5 nitrogen and oxygen atoms in total. The first kappa shape index (κ1) is 14.5. The Balaban J connectivity index is 1.85. The lowest BCUT2D eigenvalue weighted by Gasteiger charge is -2.39. The number of carbonyl (C=O) groups is 1. The number of rotatable bonds is 3. The van der Waals surface area contributed by atoms with Gasteiger partial charge in [0.2, 0.25) is 0 Å². The summed E-state index contributed by atoms with van der Waals surface area (Å²) in [6.45, 7) is 3.29. The molecule has 0 spiro atoms. The summed E-state index contributed by atoms with van der Waals surface area (Å²) in [4.78, 5) is 17.4. The summed E-state index contributed by atoms with van der Waals surface area (Å²) in [6, 6.07) is 15.3. The van der Waals surface area contributed by atoms with Gasteiger partial charge in [-0.15, -0.1) is 0 Å². The van der Waals surface area contributed by atoms with E-state index in [0.717, 1.165) is 5.56 Å². The number of hydrogen-bond acceptors (Lipinski definition) is 4. The zero-order valence-corrected chi connectivity index (χ0v) is 12.3. The van der Waals surface area contributed by atoms with Crippen LogP contribution < -0.4 is 4.90 Å². The molecule has 22 heavy (non-hydrogen) atoms. The maximum atomic E-state index is 11.1. The zero-order valence-electron chi connectivity index (χ0n) is 12.3. The van der Waals surface area contributed by atoms with E-state index in [1.165, 1.54) is 6.07 Å². The topological polar surface area (TPSA) is 62.7 Å². The largest absolute Gasteiger partial charge is 0.477 e. The van der Waals surface area contributed by atoms with E-state index in [0.29, 0.717) is 19.0 Å². The van der Waals surface area contributed by atoms with Crippen LogP contribution >= 0.6 is 0 Å². The Morgan fingerprint density at radius 1 is 1.23 bits per heavy atom. The van der Waals surface area contributed by atoms with Crippen molar-refractivity contribution in [1.82, 2.24) is 4.98 Å². The summed E-state index contributed by atoms with van der Waals surface area (Å²) in [5.41, 5.74) is 1.18. The first-order valence-electron chi connectivity index (χ1n) is 7.28. The van der Waals surface area contributed by atoms with Gasteiger partial charge in [-0.3, -0.25) is 0 Å². The molecule has 1 aliphatic rings. The number of nitrogens with zero attached hydrogens (tertiary/aromatic N) is 2. The first-order valence-corrected chi connectivity index (χ1v) is 7.28.